The first-order chi connectivity index (χ1) is 9.85. The lowest BCUT2D eigenvalue weighted by molar-refractivity contribution is -0.118. The number of aliphatic imine (C=N–C) groups is 1. The molecule has 1 N–H and O–H groups in total. The van der Waals surface area contributed by atoms with Crippen LogP contribution in [-0.4, -0.2) is 23.8 Å². The summed E-state index contributed by atoms with van der Waals surface area (Å²) >= 11 is 0. The summed E-state index contributed by atoms with van der Waals surface area (Å²) in [7, 11) is 0. The van der Waals surface area contributed by atoms with Crippen LogP contribution in [-0.2, 0) is 9.53 Å². The number of nitrogens with zero attached hydrogens (tertiary/aromatic N) is 1. The van der Waals surface area contributed by atoms with Gasteiger partial charge in [0.15, 0.2) is 0 Å². The molecular weight excluding hydrogens is 268 g/mol. The fourth-order valence-electron chi connectivity index (χ4n) is 1.89. The molecule has 1 aromatic rings. The molecule has 1 atom stereocenters. The average molecular weight is 286 g/mol. The average Bonchev–Trinajstić information content (AvgIpc) is 2.38. The van der Waals surface area contributed by atoms with Gasteiger partial charge in [-0.25, -0.2) is 9.79 Å². The van der Waals surface area contributed by atoms with E-state index in [0.29, 0.717) is 5.69 Å². The molecule has 0 saturated heterocycles. The summed E-state index contributed by atoms with van der Waals surface area (Å²) in [6.07, 6.45) is 4.52. The van der Waals surface area contributed by atoms with Crippen LogP contribution in [0.5, 0.6) is 0 Å². The van der Waals surface area contributed by atoms with Gasteiger partial charge in [0.05, 0.1) is 5.92 Å². The Morgan fingerprint density at radius 1 is 1.24 bits per heavy atom. The Balaban J connectivity index is 2.02. The van der Waals surface area contributed by atoms with Crippen LogP contribution >= 0.6 is 0 Å². The van der Waals surface area contributed by atoms with E-state index in [4.69, 9.17) is 4.74 Å². The molecule has 0 spiro atoms. The zero-order chi connectivity index (χ0) is 15.5. The van der Waals surface area contributed by atoms with Gasteiger partial charge in [-0.15, -0.1) is 0 Å². The molecule has 1 heterocycles. The predicted molar refractivity (Wildman–Crippen MR) is 81.7 cm³/mol. The molecule has 5 nitrogen and oxygen atoms in total. The third-order valence-corrected chi connectivity index (χ3v) is 2.77. The maximum absolute atomic E-state index is 11.7. The number of rotatable bonds is 2. The molecule has 1 aliphatic rings. The summed E-state index contributed by atoms with van der Waals surface area (Å²) in [4.78, 5) is 27.1. The minimum absolute atomic E-state index is 0.189. The molecule has 1 aromatic carbocycles. The molecule has 0 fully saturated rings. The van der Waals surface area contributed by atoms with E-state index < -0.39 is 11.7 Å². The fraction of sp³-hybridized carbons (Fsp3) is 0.312. The first-order valence-electron chi connectivity index (χ1n) is 6.70. The lowest BCUT2D eigenvalue weighted by Crippen LogP contribution is -2.27. The summed E-state index contributed by atoms with van der Waals surface area (Å²) in [5, 5.41) is 2.65. The third kappa shape index (κ3) is 4.27. The Hall–Kier alpha value is -2.43. The van der Waals surface area contributed by atoms with Crippen LogP contribution in [0.25, 0.3) is 0 Å². The summed E-state index contributed by atoms with van der Waals surface area (Å²) < 4.78 is 5.17. The summed E-state index contributed by atoms with van der Waals surface area (Å²) in [5.41, 5.74) is 0.910. The minimum Gasteiger partial charge on any atom is -0.444 e. The Kier molecular flexibility index (Phi) is 4.21. The van der Waals surface area contributed by atoms with Crippen molar-refractivity contribution in [2.45, 2.75) is 32.3 Å². The number of hydrogen-bond donors (Lipinski definition) is 1. The van der Waals surface area contributed by atoms with E-state index in [2.05, 4.69) is 10.3 Å². The van der Waals surface area contributed by atoms with Crippen molar-refractivity contribution in [2.24, 2.45) is 4.99 Å². The Morgan fingerprint density at radius 2 is 1.90 bits per heavy atom. The molecule has 0 radical (unpaired) electrons. The molecule has 5 heteroatoms. The largest absolute Gasteiger partial charge is 0.444 e. The number of hydrogen-bond acceptors (Lipinski definition) is 3. The van der Waals surface area contributed by atoms with E-state index in [1.165, 1.54) is 6.21 Å². The molecule has 0 aliphatic carbocycles. The van der Waals surface area contributed by atoms with Crippen molar-refractivity contribution in [3.05, 3.63) is 42.0 Å². The minimum atomic E-state index is -0.540. The third-order valence-electron chi connectivity index (χ3n) is 2.77. The van der Waals surface area contributed by atoms with Gasteiger partial charge < -0.3 is 4.74 Å². The fourth-order valence-corrected chi connectivity index (χ4v) is 1.89. The van der Waals surface area contributed by atoms with Gasteiger partial charge in [0, 0.05) is 11.9 Å². The van der Waals surface area contributed by atoms with Gasteiger partial charge in [-0.1, -0.05) is 18.2 Å². The van der Waals surface area contributed by atoms with Crippen molar-refractivity contribution < 1.29 is 14.3 Å². The summed E-state index contributed by atoms with van der Waals surface area (Å²) in [5.74, 6) is -0.545. The molecule has 0 bridgehead atoms. The summed E-state index contributed by atoms with van der Waals surface area (Å²) in [6, 6.07) is 7.05. The SMILES string of the molecule is CC(C)(C)OC(=O)Nc1ccc(C2C=CC=NC2=O)cc1. The van der Waals surface area contributed by atoms with Gasteiger partial charge in [0.2, 0.25) is 0 Å². The van der Waals surface area contributed by atoms with Gasteiger partial charge in [-0.3, -0.25) is 10.1 Å². The predicted octanol–water partition coefficient (Wildman–Crippen LogP) is 3.28. The molecule has 110 valence electrons. The lowest BCUT2D eigenvalue weighted by Gasteiger charge is -2.19. The first-order valence-corrected chi connectivity index (χ1v) is 6.70. The van der Waals surface area contributed by atoms with Gasteiger partial charge in [0.1, 0.15) is 5.60 Å². The maximum Gasteiger partial charge on any atom is 0.412 e. The highest BCUT2D eigenvalue weighted by atomic mass is 16.6. The van der Waals surface area contributed by atoms with Crippen LogP contribution in [0.2, 0.25) is 0 Å². The number of carbonyl (C=O) groups is 2. The van der Waals surface area contributed by atoms with Crippen molar-refractivity contribution in [2.75, 3.05) is 5.32 Å². The second kappa shape index (κ2) is 5.91. The highest BCUT2D eigenvalue weighted by molar-refractivity contribution is 5.97. The number of benzene rings is 1. The topological polar surface area (TPSA) is 67.8 Å². The molecular formula is C16H18N2O3. The number of carbonyl (C=O) groups excluding carboxylic acids is 2. The van der Waals surface area contributed by atoms with E-state index in [0.717, 1.165) is 5.56 Å². The van der Waals surface area contributed by atoms with Gasteiger partial charge >= 0.3 is 6.09 Å². The Bertz CT molecular complexity index is 595. The molecule has 21 heavy (non-hydrogen) atoms. The van der Waals surface area contributed by atoms with Crippen LogP contribution < -0.4 is 5.32 Å². The number of allylic oxidation sites excluding steroid dienone is 1. The molecule has 1 aliphatic heterocycles. The van der Waals surface area contributed by atoms with E-state index in [1.54, 1.807) is 57.2 Å². The van der Waals surface area contributed by atoms with Crippen LogP contribution in [0.15, 0.2) is 41.4 Å². The van der Waals surface area contributed by atoms with Gasteiger partial charge in [-0.2, -0.15) is 0 Å². The van der Waals surface area contributed by atoms with Crippen molar-refractivity contribution in [3.63, 3.8) is 0 Å². The number of dihydropyridines is 1. The van der Waals surface area contributed by atoms with Crippen LogP contribution in [0.4, 0.5) is 10.5 Å². The van der Waals surface area contributed by atoms with Crippen molar-refractivity contribution in [1.29, 1.82) is 0 Å². The van der Waals surface area contributed by atoms with E-state index in [9.17, 15) is 9.59 Å². The second-order valence-electron chi connectivity index (χ2n) is 5.73. The summed E-state index contributed by atoms with van der Waals surface area (Å²) in [6.45, 7) is 5.41. The first kappa shape index (κ1) is 15.0. The Labute approximate surface area is 123 Å². The maximum atomic E-state index is 11.7. The second-order valence-corrected chi connectivity index (χ2v) is 5.73. The molecule has 0 aromatic heterocycles. The standard InChI is InChI=1S/C16H18N2O3/c1-16(2,3)21-15(20)18-12-8-6-11(7-9-12)13-5-4-10-17-14(13)19/h4-10,13H,1-3H3,(H,18,20). The van der Waals surface area contributed by atoms with Crippen LogP contribution in [0, 0.1) is 0 Å². The number of nitrogens with one attached hydrogen (secondary N) is 1. The zero-order valence-corrected chi connectivity index (χ0v) is 12.3. The normalized spacial score (nSPS) is 17.7. The monoisotopic (exact) mass is 286 g/mol. The quantitative estimate of drug-likeness (QED) is 0.907. The van der Waals surface area contributed by atoms with Crippen molar-refractivity contribution in [1.82, 2.24) is 0 Å². The number of amides is 2. The van der Waals surface area contributed by atoms with E-state index >= 15 is 0 Å². The van der Waals surface area contributed by atoms with Crippen molar-refractivity contribution in [3.8, 4) is 0 Å². The Morgan fingerprint density at radius 3 is 2.48 bits per heavy atom. The van der Waals surface area contributed by atoms with E-state index in [-0.39, 0.29) is 11.8 Å². The highest BCUT2D eigenvalue weighted by Crippen LogP contribution is 2.23. The van der Waals surface area contributed by atoms with Gasteiger partial charge in [-0.05, 0) is 44.5 Å². The van der Waals surface area contributed by atoms with Crippen LogP contribution in [0.3, 0.4) is 0 Å². The highest BCUT2D eigenvalue weighted by Gasteiger charge is 2.19. The zero-order valence-electron chi connectivity index (χ0n) is 12.3. The molecule has 2 amide bonds. The van der Waals surface area contributed by atoms with E-state index in [1.807, 2.05) is 0 Å². The molecule has 0 saturated carbocycles. The number of anilines is 1. The number of ether oxygens (including phenoxy) is 1. The van der Waals surface area contributed by atoms with Crippen LogP contribution in [0.1, 0.15) is 32.3 Å². The van der Waals surface area contributed by atoms with Gasteiger partial charge in [0.25, 0.3) is 5.91 Å². The lowest BCUT2D eigenvalue weighted by atomic mass is 9.96. The smallest absolute Gasteiger partial charge is 0.412 e. The molecule has 1 unspecified atom stereocenters. The molecule has 2 rings (SSSR count). The van der Waals surface area contributed by atoms with Crippen molar-refractivity contribution >= 4 is 23.9 Å².